The molecule has 1 saturated heterocycles. The van der Waals surface area contributed by atoms with Gasteiger partial charge in [-0.1, -0.05) is 18.6 Å². The van der Waals surface area contributed by atoms with E-state index in [9.17, 15) is 9.90 Å². The highest BCUT2D eigenvalue weighted by Crippen LogP contribution is 2.25. The molecule has 1 fully saturated rings. The zero-order chi connectivity index (χ0) is 14.2. The molecule has 1 N–H and O–H groups in total. The van der Waals surface area contributed by atoms with E-state index in [0.717, 1.165) is 18.7 Å². The molecule has 104 valence electrons. The maximum absolute atomic E-state index is 12.5. The number of phenols is 1. The lowest BCUT2D eigenvalue weighted by Crippen LogP contribution is -2.35. The summed E-state index contributed by atoms with van der Waals surface area (Å²) in [6.07, 6.45) is 0. The van der Waals surface area contributed by atoms with E-state index in [1.807, 2.05) is 25.9 Å². The first-order valence-electron chi connectivity index (χ1n) is 6.65. The minimum Gasteiger partial charge on any atom is -0.507 e. The average Bonchev–Trinajstić information content (AvgIpc) is 2.74. The number of hydrogen-bond acceptors (Lipinski definition) is 3. The van der Waals surface area contributed by atoms with Crippen molar-refractivity contribution in [3.05, 3.63) is 29.3 Å². The lowest BCUT2D eigenvalue weighted by Gasteiger charge is -2.22. The van der Waals surface area contributed by atoms with Crippen LogP contribution in [0.15, 0.2) is 18.2 Å². The van der Waals surface area contributed by atoms with Crippen molar-refractivity contribution in [2.24, 2.45) is 5.92 Å². The number of aryl methyl sites for hydroxylation is 1. The first kappa shape index (κ1) is 13.9. The topological polar surface area (TPSA) is 43.8 Å². The number of likely N-dealkylation sites (tertiary alicyclic amines) is 1. The summed E-state index contributed by atoms with van der Waals surface area (Å²) >= 11 is 0. The summed E-state index contributed by atoms with van der Waals surface area (Å²) in [5.41, 5.74) is 1.39. The monoisotopic (exact) mass is 262 g/mol. The van der Waals surface area contributed by atoms with Gasteiger partial charge in [-0.05, 0) is 39.1 Å². The molecule has 0 radical (unpaired) electrons. The van der Waals surface area contributed by atoms with Gasteiger partial charge >= 0.3 is 0 Å². The van der Waals surface area contributed by atoms with E-state index in [-0.39, 0.29) is 11.7 Å². The van der Waals surface area contributed by atoms with E-state index in [1.165, 1.54) is 0 Å². The summed E-state index contributed by atoms with van der Waals surface area (Å²) in [6, 6.07) is 5.54. The fourth-order valence-electron chi connectivity index (χ4n) is 2.78. The van der Waals surface area contributed by atoms with Crippen LogP contribution >= 0.6 is 0 Å². The van der Waals surface area contributed by atoms with Crippen LogP contribution < -0.4 is 0 Å². The summed E-state index contributed by atoms with van der Waals surface area (Å²) in [6.45, 7) is 5.55. The second-order valence-electron chi connectivity index (χ2n) is 5.74. The number of carbonyl (C=O) groups is 1. The van der Waals surface area contributed by atoms with Crippen molar-refractivity contribution in [1.29, 1.82) is 0 Å². The molecule has 0 bridgehead atoms. The Morgan fingerprint density at radius 3 is 2.63 bits per heavy atom. The molecular formula is C15H22N2O2. The van der Waals surface area contributed by atoms with Crippen molar-refractivity contribution in [3.8, 4) is 5.75 Å². The number of aromatic hydroxyl groups is 1. The summed E-state index contributed by atoms with van der Waals surface area (Å²) in [7, 11) is 4.08. The standard InChI is InChI=1S/C15H22N2O2/c1-10-5-6-14(18)12(7-10)15(19)17-8-11(2)13(9-17)16(3)4/h5-7,11,13,18H,8-9H2,1-4H3. The van der Waals surface area contributed by atoms with E-state index in [4.69, 9.17) is 0 Å². The van der Waals surface area contributed by atoms with Gasteiger partial charge in [0.25, 0.3) is 5.91 Å². The van der Waals surface area contributed by atoms with Gasteiger partial charge in [0.2, 0.25) is 0 Å². The highest BCUT2D eigenvalue weighted by Gasteiger charge is 2.34. The van der Waals surface area contributed by atoms with Gasteiger partial charge in [-0.2, -0.15) is 0 Å². The minimum absolute atomic E-state index is 0.0663. The van der Waals surface area contributed by atoms with Crippen LogP contribution in [0.25, 0.3) is 0 Å². The lowest BCUT2D eigenvalue weighted by molar-refractivity contribution is 0.0778. The maximum Gasteiger partial charge on any atom is 0.257 e. The smallest absolute Gasteiger partial charge is 0.257 e. The molecule has 19 heavy (non-hydrogen) atoms. The molecule has 4 nitrogen and oxygen atoms in total. The van der Waals surface area contributed by atoms with Gasteiger partial charge in [0.05, 0.1) is 5.56 Å². The summed E-state index contributed by atoms with van der Waals surface area (Å²) in [5.74, 6) is 0.444. The Bertz CT molecular complexity index is 485. The fourth-order valence-corrected chi connectivity index (χ4v) is 2.78. The van der Waals surface area contributed by atoms with Gasteiger partial charge in [0.15, 0.2) is 0 Å². The van der Waals surface area contributed by atoms with Gasteiger partial charge in [0.1, 0.15) is 5.75 Å². The van der Waals surface area contributed by atoms with Crippen LogP contribution in [0.3, 0.4) is 0 Å². The number of carbonyl (C=O) groups excluding carboxylic acids is 1. The number of hydrogen-bond donors (Lipinski definition) is 1. The molecule has 2 atom stereocenters. The van der Waals surface area contributed by atoms with Crippen LogP contribution in [0.2, 0.25) is 0 Å². The molecule has 2 unspecified atom stereocenters. The van der Waals surface area contributed by atoms with E-state index in [0.29, 0.717) is 17.5 Å². The Morgan fingerprint density at radius 2 is 2.05 bits per heavy atom. The predicted molar refractivity (Wildman–Crippen MR) is 75.4 cm³/mol. The molecule has 0 spiro atoms. The quantitative estimate of drug-likeness (QED) is 0.882. The molecule has 1 aromatic carbocycles. The average molecular weight is 262 g/mol. The molecule has 1 aromatic rings. The van der Waals surface area contributed by atoms with Crippen molar-refractivity contribution in [1.82, 2.24) is 9.80 Å². The zero-order valence-corrected chi connectivity index (χ0v) is 12.1. The first-order chi connectivity index (χ1) is 8.90. The van der Waals surface area contributed by atoms with Crippen LogP contribution in [0.1, 0.15) is 22.8 Å². The Morgan fingerprint density at radius 1 is 1.37 bits per heavy atom. The third-order valence-corrected chi connectivity index (χ3v) is 3.91. The van der Waals surface area contributed by atoms with E-state index >= 15 is 0 Å². The number of likely N-dealkylation sites (N-methyl/N-ethyl adjacent to an activating group) is 1. The van der Waals surface area contributed by atoms with Gasteiger partial charge in [-0.25, -0.2) is 0 Å². The number of nitrogens with zero attached hydrogens (tertiary/aromatic N) is 2. The fraction of sp³-hybridized carbons (Fsp3) is 0.533. The number of phenolic OH excluding ortho intramolecular Hbond substituents is 1. The molecule has 4 heteroatoms. The molecule has 2 rings (SSSR count). The van der Waals surface area contributed by atoms with Crippen LogP contribution in [0.4, 0.5) is 0 Å². The molecule has 1 aliphatic rings. The molecule has 1 amide bonds. The SMILES string of the molecule is Cc1ccc(O)c(C(=O)N2CC(C)C(N(C)C)C2)c1. The number of amides is 1. The Balaban J connectivity index is 2.19. The Hall–Kier alpha value is -1.55. The summed E-state index contributed by atoms with van der Waals surface area (Å²) in [4.78, 5) is 16.5. The van der Waals surface area contributed by atoms with E-state index in [1.54, 1.807) is 18.2 Å². The highest BCUT2D eigenvalue weighted by atomic mass is 16.3. The molecule has 1 aliphatic heterocycles. The van der Waals surface area contributed by atoms with E-state index < -0.39 is 0 Å². The Labute approximate surface area is 114 Å². The summed E-state index contributed by atoms with van der Waals surface area (Å²) in [5, 5.41) is 9.85. The van der Waals surface area contributed by atoms with Crippen molar-refractivity contribution < 1.29 is 9.90 Å². The molecule has 0 saturated carbocycles. The molecule has 0 aromatic heterocycles. The third-order valence-electron chi connectivity index (χ3n) is 3.91. The second kappa shape index (κ2) is 5.21. The van der Waals surface area contributed by atoms with Gasteiger partial charge in [-0.15, -0.1) is 0 Å². The first-order valence-corrected chi connectivity index (χ1v) is 6.65. The van der Waals surface area contributed by atoms with Crippen LogP contribution in [0, 0.1) is 12.8 Å². The number of rotatable bonds is 2. The van der Waals surface area contributed by atoms with Crippen molar-refractivity contribution in [2.45, 2.75) is 19.9 Å². The minimum atomic E-state index is -0.0719. The molecule has 1 heterocycles. The van der Waals surface area contributed by atoms with Crippen molar-refractivity contribution >= 4 is 5.91 Å². The largest absolute Gasteiger partial charge is 0.507 e. The van der Waals surface area contributed by atoms with Gasteiger partial charge < -0.3 is 14.9 Å². The van der Waals surface area contributed by atoms with Crippen LogP contribution in [-0.2, 0) is 0 Å². The predicted octanol–water partition coefficient (Wildman–Crippen LogP) is 1.72. The highest BCUT2D eigenvalue weighted by molar-refractivity contribution is 5.97. The number of benzene rings is 1. The van der Waals surface area contributed by atoms with Gasteiger partial charge in [-0.3, -0.25) is 4.79 Å². The van der Waals surface area contributed by atoms with Crippen LogP contribution in [0.5, 0.6) is 5.75 Å². The Kier molecular flexibility index (Phi) is 3.80. The molecular weight excluding hydrogens is 240 g/mol. The second-order valence-corrected chi connectivity index (χ2v) is 5.74. The van der Waals surface area contributed by atoms with Crippen molar-refractivity contribution in [2.75, 3.05) is 27.2 Å². The zero-order valence-electron chi connectivity index (χ0n) is 12.1. The normalized spacial score (nSPS) is 23.1. The van der Waals surface area contributed by atoms with Crippen molar-refractivity contribution in [3.63, 3.8) is 0 Å². The van der Waals surface area contributed by atoms with Gasteiger partial charge in [0, 0.05) is 19.1 Å². The van der Waals surface area contributed by atoms with E-state index in [2.05, 4.69) is 11.8 Å². The maximum atomic E-state index is 12.5. The summed E-state index contributed by atoms with van der Waals surface area (Å²) < 4.78 is 0. The molecule has 0 aliphatic carbocycles. The van der Waals surface area contributed by atoms with Crippen LogP contribution in [-0.4, -0.2) is 54.0 Å². The lowest BCUT2D eigenvalue weighted by atomic mass is 10.1. The third kappa shape index (κ3) is 2.73.